The maximum atomic E-state index is 13.9. The van der Waals surface area contributed by atoms with Crippen molar-refractivity contribution in [1.29, 1.82) is 0 Å². The summed E-state index contributed by atoms with van der Waals surface area (Å²) in [6, 6.07) is 6.21. The number of halogens is 2. The number of hydrogen-bond donors (Lipinski definition) is 1. The number of aryl methyl sites for hydroxylation is 1. The van der Waals surface area contributed by atoms with Crippen LogP contribution in [0.5, 0.6) is 0 Å². The summed E-state index contributed by atoms with van der Waals surface area (Å²) in [5, 5.41) is 0. The molecule has 0 aliphatic carbocycles. The zero-order valence-electron chi connectivity index (χ0n) is 15.2. The van der Waals surface area contributed by atoms with E-state index >= 15 is 0 Å². The topological polar surface area (TPSA) is 83.5 Å². The van der Waals surface area contributed by atoms with Gasteiger partial charge in [-0.25, -0.2) is 25.6 Å². The Bertz CT molecular complexity index is 1100. The minimum absolute atomic E-state index is 0.00539. The van der Waals surface area contributed by atoms with Crippen molar-refractivity contribution in [1.82, 2.24) is 4.31 Å². The lowest BCUT2D eigenvalue weighted by Gasteiger charge is -2.26. The molecule has 1 aliphatic rings. The Morgan fingerprint density at radius 1 is 0.893 bits per heavy atom. The van der Waals surface area contributed by atoms with Gasteiger partial charge in [-0.15, -0.1) is 0 Å². The Labute approximate surface area is 163 Å². The minimum Gasteiger partial charge on any atom is -0.279 e. The molecule has 2 aromatic rings. The summed E-state index contributed by atoms with van der Waals surface area (Å²) >= 11 is 0. The summed E-state index contributed by atoms with van der Waals surface area (Å²) < 4.78 is 81.2. The molecule has 0 aromatic heterocycles. The quantitative estimate of drug-likeness (QED) is 0.789. The molecule has 0 unspecified atom stereocenters. The van der Waals surface area contributed by atoms with Crippen LogP contribution in [0.2, 0.25) is 0 Å². The number of anilines is 1. The maximum absolute atomic E-state index is 13.9. The van der Waals surface area contributed by atoms with Crippen LogP contribution >= 0.6 is 0 Å². The van der Waals surface area contributed by atoms with Crippen molar-refractivity contribution in [2.24, 2.45) is 0 Å². The van der Waals surface area contributed by atoms with Crippen LogP contribution in [0.3, 0.4) is 0 Å². The number of rotatable bonds is 5. The standard InChI is InChI=1S/C18H20F2N2O4S2/c1-13-5-7-15(12-18(13)28(25,26)22-9-3-2-4-10-22)21-27(23,24)17-8-6-14(19)11-16(17)20/h5-8,11-12,21H,2-4,9-10H2,1H3. The molecule has 0 atom stereocenters. The Morgan fingerprint density at radius 2 is 1.57 bits per heavy atom. The smallest absolute Gasteiger partial charge is 0.264 e. The van der Waals surface area contributed by atoms with Crippen LogP contribution in [0.15, 0.2) is 46.2 Å². The Morgan fingerprint density at radius 3 is 2.21 bits per heavy atom. The van der Waals surface area contributed by atoms with E-state index in [0.717, 1.165) is 31.4 Å². The highest BCUT2D eigenvalue weighted by Gasteiger charge is 2.28. The zero-order chi connectivity index (χ0) is 20.5. The lowest BCUT2D eigenvalue weighted by Crippen LogP contribution is -2.36. The molecule has 152 valence electrons. The van der Waals surface area contributed by atoms with Gasteiger partial charge in [0.2, 0.25) is 10.0 Å². The van der Waals surface area contributed by atoms with Crippen LogP contribution in [0, 0.1) is 18.6 Å². The van der Waals surface area contributed by atoms with Crippen LogP contribution in [-0.2, 0) is 20.0 Å². The summed E-state index contributed by atoms with van der Waals surface area (Å²) in [6.45, 7) is 2.45. The normalized spacial score (nSPS) is 16.1. The van der Waals surface area contributed by atoms with Crippen LogP contribution in [0.1, 0.15) is 24.8 Å². The average molecular weight is 430 g/mol. The molecule has 0 bridgehead atoms. The number of nitrogens with one attached hydrogen (secondary N) is 1. The van der Waals surface area contributed by atoms with Gasteiger partial charge in [-0.1, -0.05) is 12.5 Å². The molecule has 28 heavy (non-hydrogen) atoms. The summed E-state index contributed by atoms with van der Waals surface area (Å²) in [5.41, 5.74) is 0.450. The highest BCUT2D eigenvalue weighted by Crippen LogP contribution is 2.27. The van der Waals surface area contributed by atoms with Gasteiger partial charge in [0.25, 0.3) is 10.0 Å². The van der Waals surface area contributed by atoms with E-state index in [0.29, 0.717) is 24.7 Å². The van der Waals surface area contributed by atoms with Crippen LogP contribution in [0.25, 0.3) is 0 Å². The van der Waals surface area contributed by atoms with Crippen molar-refractivity contribution in [2.45, 2.75) is 36.0 Å². The maximum Gasteiger partial charge on any atom is 0.264 e. The number of hydrogen-bond acceptors (Lipinski definition) is 4. The largest absolute Gasteiger partial charge is 0.279 e. The molecular formula is C18H20F2N2O4S2. The first-order valence-electron chi connectivity index (χ1n) is 8.70. The first-order valence-corrected chi connectivity index (χ1v) is 11.6. The molecular weight excluding hydrogens is 410 g/mol. The van der Waals surface area contributed by atoms with Gasteiger partial charge in [-0.05, 0) is 49.6 Å². The van der Waals surface area contributed by atoms with Crippen LogP contribution < -0.4 is 4.72 Å². The van der Waals surface area contributed by atoms with Crippen molar-refractivity contribution < 1.29 is 25.6 Å². The number of benzene rings is 2. The van der Waals surface area contributed by atoms with E-state index in [2.05, 4.69) is 4.72 Å². The molecule has 1 saturated heterocycles. The third-order valence-corrected chi connectivity index (χ3v) is 8.01. The number of nitrogens with zero attached hydrogens (tertiary/aromatic N) is 1. The monoisotopic (exact) mass is 430 g/mol. The second-order valence-electron chi connectivity index (χ2n) is 6.63. The molecule has 0 spiro atoms. The van der Waals surface area contributed by atoms with Crippen molar-refractivity contribution in [2.75, 3.05) is 17.8 Å². The zero-order valence-corrected chi connectivity index (χ0v) is 16.8. The van der Waals surface area contributed by atoms with Crippen molar-refractivity contribution in [3.8, 4) is 0 Å². The summed E-state index contributed by atoms with van der Waals surface area (Å²) in [7, 11) is -8.14. The summed E-state index contributed by atoms with van der Waals surface area (Å²) in [5.74, 6) is -2.14. The second kappa shape index (κ2) is 7.76. The summed E-state index contributed by atoms with van der Waals surface area (Å²) in [4.78, 5) is -0.732. The molecule has 0 amide bonds. The summed E-state index contributed by atoms with van der Waals surface area (Å²) in [6.07, 6.45) is 2.51. The first-order chi connectivity index (χ1) is 13.1. The van der Waals surface area contributed by atoms with Gasteiger partial charge in [-0.3, -0.25) is 4.72 Å². The van der Waals surface area contributed by atoms with E-state index in [9.17, 15) is 25.6 Å². The number of sulfonamides is 2. The van der Waals surface area contributed by atoms with E-state index in [1.165, 1.54) is 22.5 Å². The van der Waals surface area contributed by atoms with Crippen molar-refractivity contribution in [3.63, 3.8) is 0 Å². The minimum atomic E-state index is -4.36. The molecule has 2 aromatic carbocycles. The predicted octanol–water partition coefficient (Wildman–Crippen LogP) is 3.25. The molecule has 10 heteroatoms. The molecule has 1 fully saturated rings. The predicted molar refractivity (Wildman–Crippen MR) is 101 cm³/mol. The van der Waals surface area contributed by atoms with Gasteiger partial charge in [0.1, 0.15) is 16.5 Å². The van der Waals surface area contributed by atoms with Gasteiger partial charge >= 0.3 is 0 Å². The Hall–Kier alpha value is -2.04. The lowest BCUT2D eigenvalue weighted by atomic mass is 10.2. The van der Waals surface area contributed by atoms with Crippen LogP contribution in [0.4, 0.5) is 14.5 Å². The Balaban J connectivity index is 1.95. The first kappa shape index (κ1) is 20.7. The SMILES string of the molecule is Cc1ccc(NS(=O)(=O)c2ccc(F)cc2F)cc1S(=O)(=O)N1CCCCC1. The lowest BCUT2D eigenvalue weighted by molar-refractivity contribution is 0.346. The molecule has 1 N–H and O–H groups in total. The van der Waals surface area contributed by atoms with E-state index in [-0.39, 0.29) is 10.6 Å². The van der Waals surface area contributed by atoms with Gasteiger partial charge in [0.05, 0.1) is 10.6 Å². The van der Waals surface area contributed by atoms with E-state index in [4.69, 9.17) is 0 Å². The third-order valence-electron chi connectivity index (χ3n) is 4.56. The number of piperidine rings is 1. The fraction of sp³-hybridized carbons (Fsp3) is 0.333. The second-order valence-corrected chi connectivity index (χ2v) is 10.2. The Kier molecular flexibility index (Phi) is 5.74. The van der Waals surface area contributed by atoms with E-state index in [1.807, 2.05) is 0 Å². The average Bonchev–Trinajstić information content (AvgIpc) is 2.63. The molecule has 1 heterocycles. The molecule has 6 nitrogen and oxygen atoms in total. The van der Waals surface area contributed by atoms with Crippen molar-refractivity contribution in [3.05, 3.63) is 53.6 Å². The van der Waals surface area contributed by atoms with Gasteiger partial charge in [-0.2, -0.15) is 4.31 Å². The van der Waals surface area contributed by atoms with Gasteiger partial charge < -0.3 is 0 Å². The fourth-order valence-electron chi connectivity index (χ4n) is 3.09. The fourth-order valence-corrected chi connectivity index (χ4v) is 5.97. The van der Waals surface area contributed by atoms with Crippen molar-refractivity contribution >= 4 is 25.7 Å². The molecule has 0 saturated carbocycles. The molecule has 0 radical (unpaired) electrons. The highest BCUT2D eigenvalue weighted by molar-refractivity contribution is 7.92. The van der Waals surface area contributed by atoms with Crippen LogP contribution in [-0.4, -0.2) is 34.2 Å². The third kappa shape index (κ3) is 4.18. The highest BCUT2D eigenvalue weighted by atomic mass is 32.2. The van der Waals surface area contributed by atoms with Gasteiger partial charge in [0.15, 0.2) is 0 Å². The van der Waals surface area contributed by atoms with E-state index < -0.39 is 36.6 Å². The van der Waals surface area contributed by atoms with E-state index in [1.54, 1.807) is 6.92 Å². The molecule has 1 aliphatic heterocycles. The van der Waals surface area contributed by atoms with Gasteiger partial charge in [0, 0.05) is 19.2 Å². The molecule has 3 rings (SSSR count).